The van der Waals surface area contributed by atoms with Gasteiger partial charge in [-0.05, 0) is 82.4 Å². The third-order valence-electron chi connectivity index (χ3n) is 10.1. The van der Waals surface area contributed by atoms with Gasteiger partial charge >= 0.3 is 0 Å². The van der Waals surface area contributed by atoms with Crippen molar-refractivity contribution in [1.29, 1.82) is 0 Å². The van der Waals surface area contributed by atoms with Gasteiger partial charge in [-0.15, -0.1) is 0 Å². The number of hydrogen-bond donors (Lipinski definition) is 1. The lowest BCUT2D eigenvalue weighted by Crippen LogP contribution is -2.28. The van der Waals surface area contributed by atoms with Crippen LogP contribution in [0, 0.1) is 6.92 Å². The van der Waals surface area contributed by atoms with Gasteiger partial charge in [-0.25, -0.2) is 0 Å². The monoisotopic (exact) mass is 679 g/mol. The second-order valence-electron chi connectivity index (χ2n) is 14.3. The van der Waals surface area contributed by atoms with E-state index >= 15 is 0 Å². The molecule has 1 N–H and O–H groups in total. The molecule has 2 heterocycles. The topological polar surface area (TPSA) is 77.7 Å². The van der Waals surface area contributed by atoms with Crippen molar-refractivity contribution in [2.45, 2.75) is 95.8 Å². The summed E-state index contributed by atoms with van der Waals surface area (Å²) in [4.78, 5) is 14.8. The van der Waals surface area contributed by atoms with E-state index in [0.717, 1.165) is 55.7 Å². The van der Waals surface area contributed by atoms with Crippen LogP contribution in [0.4, 0.5) is 11.4 Å². The van der Waals surface area contributed by atoms with Gasteiger partial charge in [0.2, 0.25) is 5.69 Å². The number of anilines is 1. The Kier molecular flexibility index (Phi) is 10.9. The maximum absolute atomic E-state index is 12.5. The van der Waals surface area contributed by atoms with Gasteiger partial charge in [0.1, 0.15) is 12.3 Å². The molecule has 0 fully saturated rings. The highest BCUT2D eigenvalue weighted by molar-refractivity contribution is 7.85. The molecule has 6 nitrogen and oxygen atoms in total. The molecule has 0 unspecified atom stereocenters. The largest absolute Gasteiger partial charge is 0.344 e. The van der Waals surface area contributed by atoms with Gasteiger partial charge in [0.05, 0.1) is 10.3 Å². The van der Waals surface area contributed by atoms with E-state index in [4.69, 9.17) is 0 Å². The molecule has 0 aromatic heterocycles. The molecule has 258 valence electrons. The van der Waals surface area contributed by atoms with Crippen LogP contribution in [0.25, 0.3) is 0 Å². The van der Waals surface area contributed by atoms with E-state index in [-0.39, 0.29) is 10.3 Å². The molecule has 0 saturated carbocycles. The molecule has 2 aliphatic rings. The highest BCUT2D eigenvalue weighted by Crippen LogP contribution is 2.48. The Morgan fingerprint density at radius 1 is 0.857 bits per heavy atom. The Labute approximate surface area is 293 Å². The van der Waals surface area contributed by atoms with Crippen LogP contribution in [0.1, 0.15) is 89.0 Å². The van der Waals surface area contributed by atoms with E-state index in [1.807, 2.05) is 18.2 Å². The summed E-state index contributed by atoms with van der Waals surface area (Å²) < 4.78 is 36.1. The molecule has 0 bridgehead atoms. The average molecular weight is 680 g/mol. The molecule has 3 aromatic carbocycles. The van der Waals surface area contributed by atoms with E-state index < -0.39 is 15.5 Å². The second kappa shape index (κ2) is 14.8. The van der Waals surface area contributed by atoms with E-state index in [9.17, 15) is 17.8 Å². The first-order valence-corrected chi connectivity index (χ1v) is 19.0. The average Bonchev–Trinajstić information content (AvgIpc) is 3.41. The summed E-state index contributed by atoms with van der Waals surface area (Å²) in [7, 11) is -4.34. The van der Waals surface area contributed by atoms with Gasteiger partial charge in [-0.3, -0.25) is 9.35 Å². The SMILES string of the molecule is CCN1C(=CC=CC=CC2=[N+](CCCCCC(=O)CCc3ccccc3)c3ccc(S(=O)(=O)O)cc3C2(C)C)C(C)(C)c2cc(C)ccc21. The number of aryl methyl sites for hydroxylation is 2. The predicted molar refractivity (Wildman–Crippen MR) is 201 cm³/mol. The van der Waals surface area contributed by atoms with Crippen LogP contribution in [-0.4, -0.2) is 42.1 Å². The number of likely N-dealkylation sites (N-methyl/N-ethyl adjacent to an activating group) is 1. The standard InChI is InChI=1S/C42H50N2O4S/c1-7-43-37-26-22-31(2)29-35(37)41(3,4)39(43)20-14-9-15-21-40-42(5,6)36-30-34(49(46,47)48)25-27-38(36)44(40)28-16-10-13-19-33(45)24-23-32-17-11-8-12-18-32/h8-9,11-12,14-15,17-18,20-22,25-27,29-30H,7,10,13,16,19,23-24,28H2,1-6H3/p+1. The first kappa shape index (κ1) is 36.2. The van der Waals surface area contributed by atoms with Crippen LogP contribution in [-0.2, 0) is 32.2 Å². The number of unbranched alkanes of at least 4 members (excludes halogenated alkanes) is 2. The zero-order valence-corrected chi connectivity index (χ0v) is 30.7. The first-order valence-electron chi connectivity index (χ1n) is 17.5. The van der Waals surface area contributed by atoms with Crippen LogP contribution in [0.2, 0.25) is 0 Å². The number of Topliss-reactive ketones (excluding diaryl/α,β-unsaturated/α-hetero) is 1. The Morgan fingerprint density at radius 3 is 2.33 bits per heavy atom. The summed E-state index contributed by atoms with van der Waals surface area (Å²) in [5, 5.41) is 0. The molecule has 5 rings (SSSR count). The molecule has 3 aromatic rings. The van der Waals surface area contributed by atoms with Gasteiger partial charge in [0.15, 0.2) is 5.71 Å². The summed E-state index contributed by atoms with van der Waals surface area (Å²) in [6, 6.07) is 21.7. The van der Waals surface area contributed by atoms with E-state index in [2.05, 4.69) is 112 Å². The van der Waals surface area contributed by atoms with Crippen molar-refractivity contribution in [3.8, 4) is 0 Å². The van der Waals surface area contributed by atoms with Crippen molar-refractivity contribution in [2.24, 2.45) is 0 Å². The lowest BCUT2D eigenvalue weighted by Gasteiger charge is -2.25. The molecule has 0 saturated heterocycles. The van der Waals surface area contributed by atoms with Gasteiger partial charge in [0.25, 0.3) is 10.1 Å². The number of benzene rings is 3. The second-order valence-corrected chi connectivity index (χ2v) is 15.8. The van der Waals surface area contributed by atoms with Gasteiger partial charge in [0, 0.05) is 60.3 Å². The number of hydrogen-bond acceptors (Lipinski definition) is 4. The molecular weight excluding hydrogens is 629 g/mol. The Bertz CT molecular complexity index is 1930. The van der Waals surface area contributed by atoms with Crippen LogP contribution in [0.5, 0.6) is 0 Å². The zero-order chi connectivity index (χ0) is 35.4. The van der Waals surface area contributed by atoms with Crippen molar-refractivity contribution in [3.63, 3.8) is 0 Å². The smallest absolute Gasteiger partial charge is 0.294 e. The maximum atomic E-state index is 12.5. The molecular formula is C42H51N2O4S+. The van der Waals surface area contributed by atoms with Crippen molar-refractivity contribution in [3.05, 3.63) is 125 Å². The quantitative estimate of drug-likeness (QED) is 0.0796. The van der Waals surface area contributed by atoms with Crippen LogP contribution in [0.3, 0.4) is 0 Å². The van der Waals surface area contributed by atoms with Crippen LogP contribution >= 0.6 is 0 Å². The normalized spacial score (nSPS) is 17.4. The molecule has 2 aliphatic heterocycles. The number of ketones is 1. The molecule has 7 heteroatoms. The Balaban J connectivity index is 1.32. The summed E-state index contributed by atoms with van der Waals surface area (Å²) in [5.41, 5.74) is 8.61. The predicted octanol–water partition coefficient (Wildman–Crippen LogP) is 9.19. The summed E-state index contributed by atoms with van der Waals surface area (Å²) in [6.07, 6.45) is 15.1. The maximum Gasteiger partial charge on any atom is 0.294 e. The highest BCUT2D eigenvalue weighted by Gasteiger charge is 2.45. The molecule has 0 radical (unpaired) electrons. The summed E-state index contributed by atoms with van der Waals surface area (Å²) in [5.74, 6) is 0.299. The van der Waals surface area contributed by atoms with E-state index in [1.165, 1.54) is 34.1 Å². The third kappa shape index (κ3) is 7.89. The molecule has 0 amide bonds. The fraction of sp³-hybridized carbons (Fsp3) is 0.381. The van der Waals surface area contributed by atoms with E-state index in [0.29, 0.717) is 18.6 Å². The van der Waals surface area contributed by atoms with Crippen LogP contribution in [0.15, 0.2) is 108 Å². The van der Waals surface area contributed by atoms with Crippen molar-refractivity contribution < 1.29 is 22.3 Å². The fourth-order valence-corrected chi connectivity index (χ4v) is 7.87. The Hall–Kier alpha value is -4.07. The van der Waals surface area contributed by atoms with Crippen molar-refractivity contribution in [1.82, 2.24) is 0 Å². The first-order chi connectivity index (χ1) is 23.2. The highest BCUT2D eigenvalue weighted by atomic mass is 32.2. The summed E-state index contributed by atoms with van der Waals surface area (Å²) in [6.45, 7) is 14.7. The lowest BCUT2D eigenvalue weighted by atomic mass is 9.81. The lowest BCUT2D eigenvalue weighted by molar-refractivity contribution is -0.438. The van der Waals surface area contributed by atoms with Gasteiger partial charge in [-0.1, -0.05) is 80.1 Å². The summed E-state index contributed by atoms with van der Waals surface area (Å²) >= 11 is 0. The number of nitrogens with zero attached hydrogens (tertiary/aromatic N) is 2. The van der Waals surface area contributed by atoms with E-state index in [1.54, 1.807) is 12.1 Å². The number of fused-ring (bicyclic) bond motifs is 2. The number of carbonyl (C=O) groups is 1. The van der Waals surface area contributed by atoms with Gasteiger partial charge in [-0.2, -0.15) is 13.0 Å². The minimum Gasteiger partial charge on any atom is -0.344 e. The van der Waals surface area contributed by atoms with Crippen LogP contribution < -0.4 is 4.90 Å². The number of carbonyl (C=O) groups excluding carboxylic acids is 1. The number of allylic oxidation sites excluding steroid dienone is 6. The Morgan fingerprint density at radius 2 is 1.61 bits per heavy atom. The molecule has 0 spiro atoms. The van der Waals surface area contributed by atoms with Gasteiger partial charge < -0.3 is 4.90 Å². The molecule has 49 heavy (non-hydrogen) atoms. The number of rotatable bonds is 14. The zero-order valence-electron chi connectivity index (χ0n) is 29.9. The fourth-order valence-electron chi connectivity index (χ4n) is 7.37. The van der Waals surface area contributed by atoms with Crippen molar-refractivity contribution in [2.75, 3.05) is 18.0 Å². The van der Waals surface area contributed by atoms with Crippen molar-refractivity contribution >= 4 is 33.0 Å². The minimum atomic E-state index is -4.34. The minimum absolute atomic E-state index is 0.0964. The molecule has 0 aliphatic carbocycles. The molecule has 0 atom stereocenters. The third-order valence-corrected chi connectivity index (χ3v) is 11.0.